The molecule has 0 radical (unpaired) electrons. The second-order valence-electron chi connectivity index (χ2n) is 21.0. The van der Waals surface area contributed by atoms with Crippen molar-refractivity contribution in [2.75, 3.05) is 13.2 Å². The molecule has 0 aliphatic rings. The maximum absolute atomic E-state index is 12.8. The average Bonchev–Trinajstić information content (AvgIpc) is 3.41. The number of rotatable bonds is 57. The lowest BCUT2D eigenvalue weighted by atomic mass is 10.0. The Morgan fingerprint density at radius 2 is 0.520 bits per heavy atom. The molecular formula is C69H118O6. The zero-order valence-electron chi connectivity index (χ0n) is 49.3. The zero-order chi connectivity index (χ0) is 54.3. The summed E-state index contributed by atoms with van der Waals surface area (Å²) in [6.45, 7) is 6.46. The summed E-state index contributed by atoms with van der Waals surface area (Å²) < 4.78 is 16.8. The van der Waals surface area contributed by atoms with Crippen molar-refractivity contribution >= 4 is 17.9 Å². The number of carbonyl (C=O) groups excluding carboxylic acids is 3. The summed E-state index contributed by atoms with van der Waals surface area (Å²) in [7, 11) is 0. The fraction of sp³-hybridized carbons (Fsp3) is 0.725. The molecule has 0 saturated heterocycles. The quantitative estimate of drug-likeness (QED) is 0.0261. The molecule has 0 N–H and O–H groups in total. The summed E-state index contributed by atoms with van der Waals surface area (Å²) in [6, 6.07) is 0. The molecule has 0 rings (SSSR count). The Kier molecular flexibility index (Phi) is 59.8. The Bertz CT molecular complexity index is 1480. The number of ether oxygens (including phenoxy) is 3. The molecule has 75 heavy (non-hydrogen) atoms. The second-order valence-corrected chi connectivity index (χ2v) is 21.0. The highest BCUT2D eigenvalue weighted by Crippen LogP contribution is 2.17. The topological polar surface area (TPSA) is 78.9 Å². The summed E-state index contributed by atoms with van der Waals surface area (Å²) in [5, 5.41) is 0. The van der Waals surface area contributed by atoms with Crippen molar-refractivity contribution in [1.29, 1.82) is 0 Å². The molecule has 0 aliphatic heterocycles. The van der Waals surface area contributed by atoms with Gasteiger partial charge in [-0.25, -0.2) is 0 Å². The molecule has 0 aromatic rings. The van der Waals surface area contributed by atoms with Crippen LogP contribution in [-0.2, 0) is 28.6 Å². The van der Waals surface area contributed by atoms with Crippen LogP contribution in [0.3, 0.4) is 0 Å². The number of allylic oxidation sites excluding steroid dienone is 16. The van der Waals surface area contributed by atoms with Crippen molar-refractivity contribution in [3.8, 4) is 0 Å². The Labute approximate surface area is 464 Å². The molecule has 0 fully saturated rings. The van der Waals surface area contributed by atoms with Crippen LogP contribution in [0.2, 0.25) is 0 Å². The maximum atomic E-state index is 12.8. The monoisotopic (exact) mass is 1040 g/mol. The van der Waals surface area contributed by atoms with Crippen LogP contribution in [-0.4, -0.2) is 37.2 Å². The van der Waals surface area contributed by atoms with E-state index in [4.69, 9.17) is 14.2 Å². The van der Waals surface area contributed by atoms with Gasteiger partial charge >= 0.3 is 17.9 Å². The average molecular weight is 1040 g/mol. The van der Waals surface area contributed by atoms with Crippen LogP contribution >= 0.6 is 0 Å². The van der Waals surface area contributed by atoms with Crippen molar-refractivity contribution in [2.24, 2.45) is 0 Å². The van der Waals surface area contributed by atoms with Gasteiger partial charge in [0.2, 0.25) is 0 Å². The maximum Gasteiger partial charge on any atom is 0.306 e. The van der Waals surface area contributed by atoms with Gasteiger partial charge in [0, 0.05) is 19.3 Å². The van der Waals surface area contributed by atoms with E-state index in [-0.39, 0.29) is 31.1 Å². The lowest BCUT2D eigenvalue weighted by molar-refractivity contribution is -0.167. The van der Waals surface area contributed by atoms with Gasteiger partial charge in [0.1, 0.15) is 13.2 Å². The standard InChI is InChI=1S/C69H118O6/c1-4-7-10-13-15-17-19-21-23-25-27-29-30-31-32-33-34-35-36-37-38-40-41-43-45-47-49-51-53-56-59-62-68(71)74-65-66(64-73-67(70)61-58-55-12-9-6-3)75-69(72)63-60-57-54-52-50-48-46-44-42-39-28-26-24-22-20-18-16-14-11-8-5-2/h7,10,15,17,21,23,27,29,31-32,34-35,37-38,41,43,66H,4-6,8-9,11-14,16,18-20,22,24-26,28,30,33,36,39-40,42,44-65H2,1-3H3/b10-7-,17-15-,23-21-,29-27-,32-31-,35-34-,38-37-,43-41-. The lowest BCUT2D eigenvalue weighted by Crippen LogP contribution is -2.30. The predicted octanol–water partition coefficient (Wildman–Crippen LogP) is 21.7. The second kappa shape index (κ2) is 62.9. The summed E-state index contributed by atoms with van der Waals surface area (Å²) >= 11 is 0. The van der Waals surface area contributed by atoms with Crippen molar-refractivity contribution in [3.63, 3.8) is 0 Å². The number of hydrogen-bond acceptors (Lipinski definition) is 6. The largest absolute Gasteiger partial charge is 0.462 e. The third kappa shape index (κ3) is 61.1. The summed E-state index contributed by atoms with van der Waals surface area (Å²) in [4.78, 5) is 37.9. The van der Waals surface area contributed by atoms with Crippen LogP contribution < -0.4 is 0 Å². The Morgan fingerprint density at radius 3 is 0.813 bits per heavy atom. The number of esters is 3. The summed E-state index contributed by atoms with van der Waals surface area (Å²) in [6.07, 6.45) is 84.6. The molecule has 0 aliphatic carbocycles. The van der Waals surface area contributed by atoms with Gasteiger partial charge in [-0.15, -0.1) is 0 Å². The van der Waals surface area contributed by atoms with E-state index in [0.29, 0.717) is 19.3 Å². The molecule has 430 valence electrons. The highest BCUT2D eigenvalue weighted by atomic mass is 16.6. The first-order chi connectivity index (χ1) is 37.0. The van der Waals surface area contributed by atoms with Gasteiger partial charge in [0.25, 0.3) is 0 Å². The van der Waals surface area contributed by atoms with Crippen molar-refractivity contribution in [3.05, 3.63) is 97.2 Å². The van der Waals surface area contributed by atoms with Crippen LogP contribution in [0.4, 0.5) is 0 Å². The SMILES string of the molecule is CC/C=C\C/C=C\C/C=C\C/C=C\C/C=C\C/C=C\C/C=C\C/C=C\CCCCCCCCC(=O)OCC(COC(=O)CCCCCCC)OC(=O)CCCCCCCCCCCCCCCCCCCCCCC. The third-order valence-electron chi connectivity index (χ3n) is 13.6. The van der Waals surface area contributed by atoms with Gasteiger partial charge < -0.3 is 14.2 Å². The predicted molar refractivity (Wildman–Crippen MR) is 325 cm³/mol. The molecule has 0 spiro atoms. The molecule has 0 heterocycles. The number of hydrogen-bond donors (Lipinski definition) is 0. The summed E-state index contributed by atoms with van der Waals surface area (Å²) in [5.41, 5.74) is 0. The highest BCUT2D eigenvalue weighted by molar-refractivity contribution is 5.71. The Morgan fingerprint density at radius 1 is 0.280 bits per heavy atom. The van der Waals surface area contributed by atoms with Gasteiger partial charge in [-0.05, 0) is 83.5 Å². The van der Waals surface area contributed by atoms with Crippen LogP contribution in [0.15, 0.2) is 97.2 Å². The lowest BCUT2D eigenvalue weighted by Gasteiger charge is -2.18. The van der Waals surface area contributed by atoms with Crippen molar-refractivity contribution in [1.82, 2.24) is 0 Å². The third-order valence-corrected chi connectivity index (χ3v) is 13.6. The Balaban J connectivity index is 4.09. The molecule has 0 aromatic heterocycles. The van der Waals surface area contributed by atoms with Crippen LogP contribution in [0.1, 0.15) is 303 Å². The molecule has 6 nitrogen and oxygen atoms in total. The van der Waals surface area contributed by atoms with E-state index < -0.39 is 6.10 Å². The molecule has 0 saturated carbocycles. The number of carbonyl (C=O) groups is 3. The molecule has 0 aromatic carbocycles. The molecule has 1 atom stereocenters. The van der Waals surface area contributed by atoms with E-state index in [2.05, 4.69) is 118 Å². The minimum Gasteiger partial charge on any atom is -0.462 e. The minimum absolute atomic E-state index is 0.0803. The van der Waals surface area contributed by atoms with Crippen LogP contribution in [0.25, 0.3) is 0 Å². The summed E-state index contributed by atoms with van der Waals surface area (Å²) in [5.74, 6) is -0.900. The van der Waals surface area contributed by atoms with E-state index in [0.717, 1.165) is 128 Å². The molecular weight excluding hydrogens is 925 g/mol. The van der Waals surface area contributed by atoms with Gasteiger partial charge in [0.15, 0.2) is 6.10 Å². The van der Waals surface area contributed by atoms with Crippen LogP contribution in [0.5, 0.6) is 0 Å². The first-order valence-electron chi connectivity index (χ1n) is 31.7. The fourth-order valence-electron chi connectivity index (χ4n) is 8.87. The van der Waals surface area contributed by atoms with Crippen molar-refractivity contribution < 1.29 is 28.6 Å². The van der Waals surface area contributed by atoms with Gasteiger partial charge in [-0.2, -0.15) is 0 Å². The van der Waals surface area contributed by atoms with E-state index >= 15 is 0 Å². The van der Waals surface area contributed by atoms with Crippen LogP contribution in [0, 0.1) is 0 Å². The van der Waals surface area contributed by atoms with E-state index in [9.17, 15) is 14.4 Å². The van der Waals surface area contributed by atoms with Gasteiger partial charge in [0.05, 0.1) is 0 Å². The Hall–Kier alpha value is -3.67. The zero-order valence-corrected chi connectivity index (χ0v) is 49.3. The number of unbranched alkanes of at least 4 members (excludes halogenated alkanes) is 30. The molecule has 1 unspecified atom stereocenters. The first-order valence-corrected chi connectivity index (χ1v) is 31.7. The van der Waals surface area contributed by atoms with Gasteiger partial charge in [-0.1, -0.05) is 298 Å². The van der Waals surface area contributed by atoms with E-state index in [1.165, 1.54) is 135 Å². The minimum atomic E-state index is -0.779. The highest BCUT2D eigenvalue weighted by Gasteiger charge is 2.19. The van der Waals surface area contributed by atoms with E-state index in [1.54, 1.807) is 0 Å². The normalized spacial score (nSPS) is 12.7. The van der Waals surface area contributed by atoms with Crippen molar-refractivity contribution in [2.45, 2.75) is 309 Å². The fourth-order valence-corrected chi connectivity index (χ4v) is 8.87. The van der Waals surface area contributed by atoms with Gasteiger partial charge in [-0.3, -0.25) is 14.4 Å². The molecule has 0 amide bonds. The van der Waals surface area contributed by atoms with E-state index in [1.807, 2.05) is 0 Å². The molecule has 6 heteroatoms. The first kappa shape index (κ1) is 71.3. The molecule has 0 bridgehead atoms. The smallest absolute Gasteiger partial charge is 0.306 e.